The number of hydrogen-bond acceptors (Lipinski definition) is 4. The third-order valence-electron chi connectivity index (χ3n) is 2.32. The van der Waals surface area contributed by atoms with Crippen LogP contribution in [0.15, 0.2) is 29.4 Å². The zero-order valence-electron chi connectivity index (χ0n) is 10.3. The predicted molar refractivity (Wildman–Crippen MR) is 67.0 cm³/mol. The molecule has 0 aliphatic heterocycles. The topological polar surface area (TPSA) is 51.0 Å². The van der Waals surface area contributed by atoms with Gasteiger partial charge in [0.25, 0.3) is 0 Å². The molecule has 0 aliphatic carbocycles. The summed E-state index contributed by atoms with van der Waals surface area (Å²) >= 11 is 0. The Morgan fingerprint density at radius 2 is 1.94 bits per heavy atom. The molecule has 0 saturated heterocycles. The molecule has 0 atom stereocenters. The molecule has 1 rings (SSSR count). The maximum Gasteiger partial charge on any atom is 0.119 e. The molecule has 0 spiro atoms. The Bertz CT molecular complexity index is 346. The first-order chi connectivity index (χ1) is 8.26. The summed E-state index contributed by atoms with van der Waals surface area (Å²) in [6, 6.07) is 7.79. The third kappa shape index (κ3) is 5.36. The van der Waals surface area contributed by atoms with Gasteiger partial charge in [-0.2, -0.15) is 0 Å². The van der Waals surface area contributed by atoms with Crippen LogP contribution in [0.2, 0.25) is 0 Å². The zero-order valence-corrected chi connectivity index (χ0v) is 10.3. The summed E-state index contributed by atoms with van der Waals surface area (Å²) in [5.41, 5.74) is 1.79. The maximum absolute atomic E-state index is 8.57. The van der Waals surface area contributed by atoms with Crippen molar-refractivity contribution in [3.8, 4) is 5.75 Å². The van der Waals surface area contributed by atoms with Gasteiger partial charge in [0.05, 0.1) is 12.3 Å². The van der Waals surface area contributed by atoms with E-state index in [-0.39, 0.29) is 0 Å². The second-order valence-corrected chi connectivity index (χ2v) is 3.85. The molecular formula is C13H19NO3. The normalized spacial score (nSPS) is 11.5. The maximum atomic E-state index is 8.57. The van der Waals surface area contributed by atoms with Crippen molar-refractivity contribution in [1.29, 1.82) is 0 Å². The second-order valence-electron chi connectivity index (χ2n) is 3.85. The average Bonchev–Trinajstić information content (AvgIpc) is 2.36. The molecule has 0 radical (unpaired) electrons. The zero-order chi connectivity index (χ0) is 12.5. The molecule has 1 aromatic rings. The van der Waals surface area contributed by atoms with E-state index >= 15 is 0 Å². The van der Waals surface area contributed by atoms with Gasteiger partial charge < -0.3 is 14.7 Å². The van der Waals surface area contributed by atoms with Crippen molar-refractivity contribution in [3.05, 3.63) is 29.8 Å². The summed E-state index contributed by atoms with van der Waals surface area (Å²) in [5.74, 6) is 0.850. The molecular weight excluding hydrogens is 218 g/mol. The molecule has 4 heteroatoms. The number of ether oxygens (including phenoxy) is 2. The number of methoxy groups -OCH3 is 1. The lowest BCUT2D eigenvalue weighted by Gasteiger charge is -2.06. The first-order valence-electron chi connectivity index (χ1n) is 5.64. The quantitative estimate of drug-likeness (QED) is 0.343. The molecule has 1 N–H and O–H groups in total. The molecule has 0 aromatic heterocycles. The van der Waals surface area contributed by atoms with Gasteiger partial charge >= 0.3 is 0 Å². The van der Waals surface area contributed by atoms with Crippen LogP contribution in [0.25, 0.3) is 0 Å². The van der Waals surface area contributed by atoms with Crippen LogP contribution in [-0.2, 0) is 11.2 Å². The molecule has 0 heterocycles. The van der Waals surface area contributed by atoms with Crippen LogP contribution in [0.5, 0.6) is 5.75 Å². The summed E-state index contributed by atoms with van der Waals surface area (Å²) < 4.78 is 10.5. The van der Waals surface area contributed by atoms with E-state index in [0.29, 0.717) is 25.3 Å². The largest absolute Gasteiger partial charge is 0.494 e. The fraction of sp³-hybridized carbons (Fsp3) is 0.462. The molecule has 94 valence electrons. The van der Waals surface area contributed by atoms with E-state index in [9.17, 15) is 0 Å². The van der Waals surface area contributed by atoms with E-state index in [1.807, 2.05) is 24.3 Å². The van der Waals surface area contributed by atoms with Crippen LogP contribution in [-0.4, -0.2) is 31.2 Å². The molecule has 4 nitrogen and oxygen atoms in total. The van der Waals surface area contributed by atoms with Crippen LogP contribution in [0.1, 0.15) is 18.9 Å². The number of oxime groups is 1. The van der Waals surface area contributed by atoms with Gasteiger partial charge in [-0.1, -0.05) is 17.3 Å². The minimum Gasteiger partial charge on any atom is -0.494 e. The number of benzene rings is 1. The van der Waals surface area contributed by atoms with E-state index < -0.39 is 0 Å². The summed E-state index contributed by atoms with van der Waals surface area (Å²) in [7, 11) is 1.68. The van der Waals surface area contributed by atoms with Crippen LogP contribution in [0, 0.1) is 0 Å². The van der Waals surface area contributed by atoms with Gasteiger partial charge in [-0.05, 0) is 24.6 Å². The molecule has 1 aromatic carbocycles. The predicted octanol–water partition coefficient (Wildman–Crippen LogP) is 2.49. The van der Waals surface area contributed by atoms with Gasteiger partial charge in [0.15, 0.2) is 0 Å². The lowest BCUT2D eigenvalue weighted by molar-refractivity contribution is 0.172. The summed E-state index contributed by atoms with van der Waals surface area (Å²) in [6.07, 6.45) is 1.54. The third-order valence-corrected chi connectivity index (χ3v) is 2.32. The van der Waals surface area contributed by atoms with Gasteiger partial charge in [0, 0.05) is 26.6 Å². The van der Waals surface area contributed by atoms with Gasteiger partial charge in [0.1, 0.15) is 5.75 Å². The van der Waals surface area contributed by atoms with Gasteiger partial charge in [-0.25, -0.2) is 0 Å². The van der Waals surface area contributed by atoms with Crippen molar-refractivity contribution in [2.24, 2.45) is 5.16 Å². The lowest BCUT2D eigenvalue weighted by atomic mass is 10.1. The fourth-order valence-corrected chi connectivity index (χ4v) is 1.43. The van der Waals surface area contributed by atoms with Crippen molar-refractivity contribution < 1.29 is 14.7 Å². The van der Waals surface area contributed by atoms with Gasteiger partial charge in [0.2, 0.25) is 0 Å². The fourth-order valence-electron chi connectivity index (χ4n) is 1.43. The lowest BCUT2D eigenvalue weighted by Crippen LogP contribution is -2.01. The Morgan fingerprint density at radius 1 is 1.24 bits per heavy atom. The Kier molecular flexibility index (Phi) is 6.10. The summed E-state index contributed by atoms with van der Waals surface area (Å²) in [5, 5.41) is 11.7. The highest BCUT2D eigenvalue weighted by Gasteiger charge is 1.98. The van der Waals surface area contributed by atoms with E-state index in [4.69, 9.17) is 14.7 Å². The number of rotatable bonds is 7. The van der Waals surface area contributed by atoms with E-state index in [0.717, 1.165) is 17.7 Å². The van der Waals surface area contributed by atoms with Gasteiger partial charge in [-0.15, -0.1) is 0 Å². The molecule has 0 amide bonds. The number of hydrogen-bond donors (Lipinski definition) is 1. The van der Waals surface area contributed by atoms with E-state index in [1.165, 1.54) is 0 Å². The Labute approximate surface area is 102 Å². The molecule has 0 saturated carbocycles. The highest BCUT2D eigenvalue weighted by molar-refractivity contribution is 5.83. The Morgan fingerprint density at radius 3 is 2.53 bits per heavy atom. The van der Waals surface area contributed by atoms with E-state index in [1.54, 1.807) is 14.0 Å². The minimum absolute atomic E-state index is 0.653. The van der Waals surface area contributed by atoms with Crippen LogP contribution < -0.4 is 4.74 Å². The van der Waals surface area contributed by atoms with Crippen molar-refractivity contribution in [3.63, 3.8) is 0 Å². The molecule has 0 aliphatic rings. The van der Waals surface area contributed by atoms with E-state index in [2.05, 4.69) is 5.16 Å². The SMILES string of the molecule is COCCCOc1ccc(C/C(C)=N/O)cc1. The highest BCUT2D eigenvalue weighted by Crippen LogP contribution is 2.13. The monoisotopic (exact) mass is 237 g/mol. The highest BCUT2D eigenvalue weighted by atomic mass is 16.5. The minimum atomic E-state index is 0.653. The smallest absolute Gasteiger partial charge is 0.119 e. The second kappa shape index (κ2) is 7.68. The molecule has 17 heavy (non-hydrogen) atoms. The molecule has 0 unspecified atom stereocenters. The Balaban J connectivity index is 2.39. The van der Waals surface area contributed by atoms with Crippen molar-refractivity contribution in [2.75, 3.05) is 20.3 Å². The first kappa shape index (κ1) is 13.5. The van der Waals surface area contributed by atoms with Crippen LogP contribution in [0.4, 0.5) is 0 Å². The van der Waals surface area contributed by atoms with Crippen molar-refractivity contribution in [1.82, 2.24) is 0 Å². The van der Waals surface area contributed by atoms with Crippen molar-refractivity contribution >= 4 is 5.71 Å². The first-order valence-corrected chi connectivity index (χ1v) is 5.64. The Hall–Kier alpha value is -1.55. The molecule has 0 fully saturated rings. The van der Waals surface area contributed by atoms with Crippen molar-refractivity contribution in [2.45, 2.75) is 19.8 Å². The summed E-state index contributed by atoms with van der Waals surface area (Å²) in [6.45, 7) is 3.16. The van der Waals surface area contributed by atoms with Crippen LogP contribution >= 0.6 is 0 Å². The van der Waals surface area contributed by atoms with Gasteiger partial charge in [-0.3, -0.25) is 0 Å². The summed E-state index contributed by atoms with van der Waals surface area (Å²) in [4.78, 5) is 0. The molecule has 0 bridgehead atoms. The number of nitrogens with zero attached hydrogens (tertiary/aromatic N) is 1. The average molecular weight is 237 g/mol. The van der Waals surface area contributed by atoms with Crippen LogP contribution in [0.3, 0.4) is 0 Å². The standard InChI is InChI=1S/C13H19NO3/c1-11(14-15)10-12-4-6-13(7-5-12)17-9-3-8-16-2/h4-7,15H,3,8-10H2,1-2H3/b14-11+.